The zero-order valence-corrected chi connectivity index (χ0v) is 12.5. The number of carbonyl (C=O) groups excluding carboxylic acids is 1. The zero-order chi connectivity index (χ0) is 17.5. The van der Waals surface area contributed by atoms with Crippen molar-refractivity contribution in [3.63, 3.8) is 0 Å². The fraction of sp³-hybridized carbons (Fsp3) is 0.176. The van der Waals surface area contributed by atoms with Crippen LogP contribution in [0.15, 0.2) is 48.5 Å². The van der Waals surface area contributed by atoms with Crippen molar-refractivity contribution in [3.8, 4) is 0 Å². The van der Waals surface area contributed by atoms with Gasteiger partial charge < -0.3 is 15.2 Å². The topological polar surface area (TPSA) is 75.6 Å². The Morgan fingerprint density at radius 2 is 1.67 bits per heavy atom. The SMILES string of the molecule is O=C(O)C[C@@H](NC(=O)OCc1ccccc1)c1c(F)cccc1F. The van der Waals surface area contributed by atoms with Gasteiger partial charge in [-0.2, -0.15) is 0 Å². The van der Waals surface area contributed by atoms with Crippen molar-refractivity contribution in [1.82, 2.24) is 5.32 Å². The number of benzene rings is 2. The van der Waals surface area contributed by atoms with Gasteiger partial charge >= 0.3 is 12.1 Å². The van der Waals surface area contributed by atoms with Crippen LogP contribution in [0.2, 0.25) is 0 Å². The van der Waals surface area contributed by atoms with E-state index in [0.29, 0.717) is 0 Å². The van der Waals surface area contributed by atoms with Crippen LogP contribution in [0.5, 0.6) is 0 Å². The van der Waals surface area contributed by atoms with Gasteiger partial charge in [-0.25, -0.2) is 13.6 Å². The summed E-state index contributed by atoms with van der Waals surface area (Å²) in [5.74, 6) is -3.19. The van der Waals surface area contributed by atoms with E-state index in [-0.39, 0.29) is 6.61 Å². The molecule has 2 aromatic carbocycles. The van der Waals surface area contributed by atoms with Gasteiger partial charge in [0.1, 0.15) is 18.2 Å². The van der Waals surface area contributed by atoms with Crippen LogP contribution in [0.3, 0.4) is 0 Å². The lowest BCUT2D eigenvalue weighted by molar-refractivity contribution is -0.137. The minimum Gasteiger partial charge on any atom is -0.481 e. The first kappa shape index (κ1) is 17.4. The molecule has 0 heterocycles. The summed E-state index contributed by atoms with van der Waals surface area (Å²) < 4.78 is 32.6. The van der Waals surface area contributed by atoms with Crippen LogP contribution in [0.25, 0.3) is 0 Å². The highest BCUT2D eigenvalue weighted by atomic mass is 19.1. The van der Waals surface area contributed by atoms with Crippen LogP contribution >= 0.6 is 0 Å². The van der Waals surface area contributed by atoms with Crippen molar-refractivity contribution in [2.75, 3.05) is 0 Å². The van der Waals surface area contributed by atoms with Crippen LogP contribution in [0.4, 0.5) is 13.6 Å². The lowest BCUT2D eigenvalue weighted by atomic mass is 10.0. The monoisotopic (exact) mass is 335 g/mol. The second-order valence-electron chi connectivity index (χ2n) is 4.99. The molecule has 2 rings (SSSR count). The van der Waals surface area contributed by atoms with Crippen molar-refractivity contribution < 1.29 is 28.2 Å². The third kappa shape index (κ3) is 4.77. The van der Waals surface area contributed by atoms with Gasteiger partial charge in [0.2, 0.25) is 0 Å². The molecule has 24 heavy (non-hydrogen) atoms. The quantitative estimate of drug-likeness (QED) is 0.848. The molecule has 0 saturated carbocycles. The first-order chi connectivity index (χ1) is 11.5. The number of hydrogen-bond acceptors (Lipinski definition) is 3. The highest BCUT2D eigenvalue weighted by molar-refractivity contribution is 5.72. The van der Waals surface area contributed by atoms with E-state index in [9.17, 15) is 18.4 Å². The molecule has 5 nitrogen and oxygen atoms in total. The maximum absolute atomic E-state index is 13.8. The molecule has 2 N–H and O–H groups in total. The second-order valence-corrected chi connectivity index (χ2v) is 4.99. The van der Waals surface area contributed by atoms with Crippen molar-refractivity contribution in [2.45, 2.75) is 19.1 Å². The molecule has 1 amide bonds. The Hall–Kier alpha value is -2.96. The van der Waals surface area contributed by atoms with E-state index >= 15 is 0 Å². The number of aliphatic carboxylic acids is 1. The highest BCUT2D eigenvalue weighted by Gasteiger charge is 2.25. The molecule has 0 aromatic heterocycles. The van der Waals surface area contributed by atoms with Crippen LogP contribution in [0, 0.1) is 11.6 Å². The molecule has 1 atom stereocenters. The maximum Gasteiger partial charge on any atom is 0.407 e. The molecule has 0 radical (unpaired) electrons. The summed E-state index contributed by atoms with van der Waals surface area (Å²) in [6, 6.07) is 10.5. The normalized spacial score (nSPS) is 11.6. The molecule has 0 spiro atoms. The van der Waals surface area contributed by atoms with Crippen molar-refractivity contribution in [2.24, 2.45) is 0 Å². The zero-order valence-electron chi connectivity index (χ0n) is 12.5. The van der Waals surface area contributed by atoms with Crippen molar-refractivity contribution >= 4 is 12.1 Å². The number of hydrogen-bond donors (Lipinski definition) is 2. The Morgan fingerprint density at radius 3 is 2.25 bits per heavy atom. The Balaban J connectivity index is 2.08. The number of amides is 1. The average Bonchev–Trinajstić information content (AvgIpc) is 2.53. The van der Waals surface area contributed by atoms with Crippen molar-refractivity contribution in [1.29, 1.82) is 0 Å². The largest absolute Gasteiger partial charge is 0.481 e. The van der Waals surface area contributed by atoms with Crippen molar-refractivity contribution in [3.05, 3.63) is 71.3 Å². The molecule has 126 valence electrons. The molecule has 0 aliphatic carbocycles. The van der Waals surface area contributed by atoms with Gasteiger partial charge in [0.05, 0.1) is 12.5 Å². The number of carboxylic acid groups (broad SMARTS) is 1. The molecular weight excluding hydrogens is 320 g/mol. The predicted octanol–water partition coefficient (Wildman–Crippen LogP) is 3.41. The summed E-state index contributed by atoms with van der Waals surface area (Å²) in [6.07, 6.45) is -1.65. The molecule has 0 aliphatic heterocycles. The molecule has 0 bridgehead atoms. The van der Waals surface area contributed by atoms with Gasteiger partial charge in [-0.3, -0.25) is 4.79 Å². The summed E-state index contributed by atoms with van der Waals surface area (Å²) >= 11 is 0. The van der Waals surface area contributed by atoms with Gasteiger partial charge in [-0.05, 0) is 17.7 Å². The van der Waals surface area contributed by atoms with Gasteiger partial charge in [-0.1, -0.05) is 36.4 Å². The van der Waals surface area contributed by atoms with Gasteiger partial charge in [0.25, 0.3) is 0 Å². The molecular formula is C17H15F2NO4. The second kappa shape index (κ2) is 8.05. The molecule has 0 saturated heterocycles. The van der Waals surface area contributed by atoms with Crippen LogP contribution in [-0.4, -0.2) is 17.2 Å². The first-order valence-electron chi connectivity index (χ1n) is 7.10. The average molecular weight is 335 g/mol. The summed E-state index contributed by atoms with van der Waals surface area (Å²) in [4.78, 5) is 22.8. The maximum atomic E-state index is 13.8. The fourth-order valence-corrected chi connectivity index (χ4v) is 2.15. The predicted molar refractivity (Wildman–Crippen MR) is 81.1 cm³/mol. The summed E-state index contributed by atoms with van der Waals surface area (Å²) in [7, 11) is 0. The minimum absolute atomic E-state index is 0.0494. The van der Waals surface area contributed by atoms with Gasteiger partial charge in [0.15, 0.2) is 0 Å². The van der Waals surface area contributed by atoms with E-state index < -0.39 is 41.7 Å². The molecule has 7 heteroatoms. The first-order valence-corrected chi connectivity index (χ1v) is 7.10. The third-order valence-electron chi connectivity index (χ3n) is 3.23. The van der Waals surface area contributed by atoms with E-state index in [0.717, 1.165) is 23.8 Å². The smallest absolute Gasteiger partial charge is 0.407 e. The lowest BCUT2D eigenvalue weighted by Crippen LogP contribution is -2.32. The van der Waals surface area contributed by atoms with E-state index in [1.54, 1.807) is 30.3 Å². The molecule has 0 fully saturated rings. The minimum atomic E-state index is -1.38. The Bertz CT molecular complexity index is 702. The number of carbonyl (C=O) groups is 2. The Kier molecular flexibility index (Phi) is 5.83. The molecule has 2 aromatic rings. The number of halogens is 2. The Morgan fingerprint density at radius 1 is 1.04 bits per heavy atom. The highest BCUT2D eigenvalue weighted by Crippen LogP contribution is 2.23. The van der Waals surface area contributed by atoms with Crippen LogP contribution < -0.4 is 5.32 Å². The van der Waals surface area contributed by atoms with Crippen LogP contribution in [-0.2, 0) is 16.1 Å². The van der Waals surface area contributed by atoms with Gasteiger partial charge in [0, 0.05) is 5.56 Å². The fourth-order valence-electron chi connectivity index (χ4n) is 2.15. The summed E-state index contributed by atoms with van der Waals surface area (Å²) in [6.45, 7) is -0.0494. The summed E-state index contributed by atoms with van der Waals surface area (Å²) in [5, 5.41) is 11.1. The standard InChI is InChI=1S/C17H15F2NO4/c18-12-7-4-8-13(19)16(12)14(9-15(21)22)20-17(23)24-10-11-5-2-1-3-6-11/h1-8,14H,9-10H2,(H,20,23)(H,21,22)/t14-/m1/s1. The number of alkyl carbamates (subject to hydrolysis) is 1. The number of rotatable bonds is 6. The van der Waals surface area contributed by atoms with E-state index in [4.69, 9.17) is 9.84 Å². The molecule has 0 aliphatic rings. The number of carboxylic acids is 1. The lowest BCUT2D eigenvalue weighted by Gasteiger charge is -2.18. The number of ether oxygens (including phenoxy) is 1. The Labute approximate surface area is 136 Å². The van der Waals surface area contributed by atoms with Gasteiger partial charge in [-0.15, -0.1) is 0 Å². The molecule has 0 unspecified atom stereocenters. The third-order valence-corrected chi connectivity index (χ3v) is 3.23. The van der Waals surface area contributed by atoms with E-state index in [1.165, 1.54) is 0 Å². The van der Waals surface area contributed by atoms with Crippen LogP contribution in [0.1, 0.15) is 23.6 Å². The number of nitrogens with one attached hydrogen (secondary N) is 1. The van der Waals surface area contributed by atoms with E-state index in [1.807, 2.05) is 0 Å². The summed E-state index contributed by atoms with van der Waals surface area (Å²) in [5.41, 5.74) is 0.205. The van der Waals surface area contributed by atoms with E-state index in [2.05, 4.69) is 5.32 Å².